The van der Waals surface area contributed by atoms with Gasteiger partial charge >= 0.3 is 12.2 Å². The number of benzene rings is 1. The second-order valence-electron chi connectivity index (χ2n) is 10.5. The van der Waals surface area contributed by atoms with Crippen molar-refractivity contribution in [3.63, 3.8) is 0 Å². The van der Waals surface area contributed by atoms with Crippen LogP contribution in [-0.4, -0.2) is 52.3 Å². The molecule has 0 fully saturated rings. The van der Waals surface area contributed by atoms with Crippen molar-refractivity contribution in [3.05, 3.63) is 59.9 Å². The highest BCUT2D eigenvalue weighted by Crippen LogP contribution is 2.24. The molecule has 9 heteroatoms. The maximum Gasteiger partial charge on any atom is 0.412 e. The highest BCUT2D eigenvalue weighted by atomic mass is 16.6. The van der Waals surface area contributed by atoms with Crippen LogP contribution in [0.15, 0.2) is 48.7 Å². The van der Waals surface area contributed by atoms with Crippen molar-refractivity contribution < 1.29 is 23.9 Å². The van der Waals surface area contributed by atoms with E-state index in [4.69, 9.17) is 9.47 Å². The predicted molar refractivity (Wildman–Crippen MR) is 139 cm³/mol. The number of nitrogens with zero attached hydrogens (tertiary/aromatic N) is 2. The first-order chi connectivity index (χ1) is 16.8. The molecule has 0 saturated carbocycles. The van der Waals surface area contributed by atoms with E-state index in [2.05, 4.69) is 15.6 Å². The molecule has 0 spiro atoms. The van der Waals surface area contributed by atoms with Gasteiger partial charge in [-0.1, -0.05) is 18.2 Å². The Balaban J connectivity index is 1.63. The zero-order valence-corrected chi connectivity index (χ0v) is 21.7. The minimum Gasteiger partial charge on any atom is -0.444 e. The third-order valence-corrected chi connectivity index (χ3v) is 5.03. The van der Waals surface area contributed by atoms with Gasteiger partial charge in [-0.05, 0) is 77.8 Å². The van der Waals surface area contributed by atoms with Crippen LogP contribution in [0.1, 0.15) is 64.0 Å². The molecule has 0 radical (unpaired) electrons. The standard InChI is InChI=1S/C27H34N4O5/c1-26(2,3)35-24(33)30-22-10-8-7-9-21(22)29-23(32)19-11-12-20(28-17-19)18-13-15-31(16-14-18)25(34)36-27(4,5)6/h7-13,17H,14-16H2,1-6H3,(H,29,32)(H,30,33). The predicted octanol–water partition coefficient (Wildman–Crippen LogP) is 5.71. The van der Waals surface area contributed by atoms with Crippen LogP contribution in [0.4, 0.5) is 21.0 Å². The Labute approximate surface area is 211 Å². The first-order valence-electron chi connectivity index (χ1n) is 11.8. The molecule has 3 amide bonds. The van der Waals surface area contributed by atoms with Crippen molar-refractivity contribution in [3.8, 4) is 0 Å². The van der Waals surface area contributed by atoms with E-state index in [9.17, 15) is 14.4 Å². The molecule has 0 saturated heterocycles. The van der Waals surface area contributed by atoms with Crippen LogP contribution in [0.5, 0.6) is 0 Å². The Morgan fingerprint density at radius 1 is 0.889 bits per heavy atom. The van der Waals surface area contributed by atoms with Crippen LogP contribution in [0.3, 0.4) is 0 Å². The van der Waals surface area contributed by atoms with Crippen molar-refractivity contribution in [2.45, 2.75) is 59.2 Å². The molecule has 36 heavy (non-hydrogen) atoms. The number of rotatable bonds is 4. The Hall–Kier alpha value is -3.88. The van der Waals surface area contributed by atoms with Gasteiger partial charge in [-0.15, -0.1) is 0 Å². The van der Waals surface area contributed by atoms with Gasteiger partial charge in [0, 0.05) is 19.3 Å². The highest BCUT2D eigenvalue weighted by Gasteiger charge is 2.24. The minimum atomic E-state index is -0.641. The van der Waals surface area contributed by atoms with Gasteiger partial charge in [0.2, 0.25) is 0 Å². The molecule has 2 N–H and O–H groups in total. The van der Waals surface area contributed by atoms with E-state index in [0.29, 0.717) is 36.4 Å². The van der Waals surface area contributed by atoms with E-state index in [-0.39, 0.29) is 12.0 Å². The molecule has 1 aliphatic heterocycles. The second kappa shape index (κ2) is 10.8. The maximum atomic E-state index is 12.8. The zero-order chi connectivity index (χ0) is 26.5. The van der Waals surface area contributed by atoms with Crippen LogP contribution < -0.4 is 10.6 Å². The molecule has 1 aromatic carbocycles. The quantitative estimate of drug-likeness (QED) is 0.564. The number of ether oxygens (including phenoxy) is 2. The van der Waals surface area contributed by atoms with Crippen LogP contribution in [0.2, 0.25) is 0 Å². The third kappa shape index (κ3) is 7.83. The second-order valence-corrected chi connectivity index (χ2v) is 10.5. The summed E-state index contributed by atoms with van der Waals surface area (Å²) in [7, 11) is 0. The lowest BCUT2D eigenvalue weighted by atomic mass is 10.0. The van der Waals surface area contributed by atoms with E-state index in [0.717, 1.165) is 11.3 Å². The Bertz CT molecular complexity index is 1140. The number of hydrogen-bond acceptors (Lipinski definition) is 6. The number of carbonyl (C=O) groups is 3. The fourth-order valence-electron chi connectivity index (χ4n) is 3.42. The number of amides is 3. The van der Waals surface area contributed by atoms with Gasteiger partial charge in [0.1, 0.15) is 11.2 Å². The molecule has 9 nitrogen and oxygen atoms in total. The monoisotopic (exact) mass is 494 g/mol. The molecular weight excluding hydrogens is 460 g/mol. The van der Waals surface area contributed by atoms with Crippen LogP contribution in [0.25, 0.3) is 5.57 Å². The van der Waals surface area contributed by atoms with Gasteiger partial charge < -0.3 is 19.7 Å². The van der Waals surface area contributed by atoms with Gasteiger partial charge in [-0.25, -0.2) is 9.59 Å². The summed E-state index contributed by atoms with van der Waals surface area (Å²) in [5.41, 5.74) is 1.82. The van der Waals surface area contributed by atoms with E-state index in [1.165, 1.54) is 6.20 Å². The van der Waals surface area contributed by atoms with Crippen molar-refractivity contribution in [2.24, 2.45) is 0 Å². The summed E-state index contributed by atoms with van der Waals surface area (Å²) in [6, 6.07) is 10.4. The van der Waals surface area contributed by atoms with Gasteiger partial charge in [-0.2, -0.15) is 0 Å². The molecule has 0 bridgehead atoms. The average molecular weight is 495 g/mol. The number of anilines is 2. The van der Waals surface area contributed by atoms with Gasteiger partial charge in [0.25, 0.3) is 5.91 Å². The van der Waals surface area contributed by atoms with Gasteiger partial charge in [-0.3, -0.25) is 15.1 Å². The summed E-state index contributed by atoms with van der Waals surface area (Å²) < 4.78 is 10.7. The molecule has 0 aliphatic carbocycles. The number of para-hydroxylation sites is 2. The van der Waals surface area contributed by atoms with E-state index >= 15 is 0 Å². The van der Waals surface area contributed by atoms with Gasteiger partial charge in [0.15, 0.2) is 0 Å². The van der Waals surface area contributed by atoms with E-state index in [1.54, 1.807) is 62.1 Å². The smallest absolute Gasteiger partial charge is 0.412 e. The van der Waals surface area contributed by atoms with Crippen LogP contribution in [-0.2, 0) is 9.47 Å². The number of nitrogens with one attached hydrogen (secondary N) is 2. The van der Waals surface area contributed by atoms with Crippen molar-refractivity contribution >= 4 is 35.0 Å². The van der Waals surface area contributed by atoms with Crippen molar-refractivity contribution in [1.29, 1.82) is 0 Å². The molecule has 1 aliphatic rings. The lowest BCUT2D eigenvalue weighted by Crippen LogP contribution is -2.39. The number of hydrogen-bond donors (Lipinski definition) is 2. The number of pyridine rings is 1. The Morgan fingerprint density at radius 3 is 2.06 bits per heavy atom. The van der Waals surface area contributed by atoms with Crippen LogP contribution in [0, 0.1) is 0 Å². The fraction of sp³-hybridized carbons (Fsp3) is 0.407. The highest BCUT2D eigenvalue weighted by molar-refractivity contribution is 6.06. The normalized spacial score (nSPS) is 13.9. The maximum absolute atomic E-state index is 12.8. The third-order valence-electron chi connectivity index (χ3n) is 5.03. The minimum absolute atomic E-state index is 0.334. The molecule has 3 rings (SSSR count). The van der Waals surface area contributed by atoms with Crippen molar-refractivity contribution in [2.75, 3.05) is 23.7 Å². The van der Waals surface area contributed by atoms with E-state index < -0.39 is 17.3 Å². The summed E-state index contributed by atoms with van der Waals surface area (Å²) in [6.45, 7) is 11.8. The summed E-state index contributed by atoms with van der Waals surface area (Å²) in [5.74, 6) is -0.360. The molecule has 1 aromatic heterocycles. The summed E-state index contributed by atoms with van der Waals surface area (Å²) in [5, 5.41) is 5.47. The van der Waals surface area contributed by atoms with E-state index in [1.807, 2.05) is 26.8 Å². The zero-order valence-electron chi connectivity index (χ0n) is 21.7. The summed E-state index contributed by atoms with van der Waals surface area (Å²) >= 11 is 0. The first kappa shape index (κ1) is 26.7. The molecule has 0 atom stereocenters. The SMILES string of the molecule is CC(C)(C)OC(=O)Nc1ccccc1NC(=O)c1ccc(C2=CCN(C(=O)OC(C)(C)C)CC2)nc1. The Kier molecular flexibility index (Phi) is 8.02. The largest absolute Gasteiger partial charge is 0.444 e. The van der Waals surface area contributed by atoms with Crippen LogP contribution >= 0.6 is 0 Å². The Morgan fingerprint density at radius 2 is 1.53 bits per heavy atom. The number of aromatic nitrogens is 1. The number of carbonyl (C=O) groups excluding carboxylic acids is 3. The van der Waals surface area contributed by atoms with Crippen molar-refractivity contribution in [1.82, 2.24) is 9.88 Å². The molecule has 0 unspecified atom stereocenters. The van der Waals surface area contributed by atoms with Gasteiger partial charge in [0.05, 0.1) is 22.6 Å². The summed E-state index contributed by atoms with van der Waals surface area (Å²) in [6.07, 6.45) is 3.16. The lowest BCUT2D eigenvalue weighted by molar-refractivity contribution is 0.0270. The topological polar surface area (TPSA) is 110 Å². The average Bonchev–Trinajstić information content (AvgIpc) is 2.78. The summed E-state index contributed by atoms with van der Waals surface area (Å²) in [4.78, 5) is 43.3. The first-order valence-corrected chi connectivity index (χ1v) is 11.8. The molecule has 192 valence electrons. The molecular formula is C27H34N4O5. The molecule has 2 heterocycles. The fourth-order valence-corrected chi connectivity index (χ4v) is 3.42. The molecule has 2 aromatic rings. The lowest BCUT2D eigenvalue weighted by Gasteiger charge is -2.29.